The summed E-state index contributed by atoms with van der Waals surface area (Å²) >= 11 is 0. The number of allylic oxidation sites excluding steroid dienone is 5. The van der Waals surface area contributed by atoms with Crippen LogP contribution in [-0.2, 0) is 4.79 Å². The zero-order valence-electron chi connectivity index (χ0n) is 12.3. The monoisotopic (exact) mass is 261 g/mol. The van der Waals surface area contributed by atoms with Crippen molar-refractivity contribution in [1.29, 1.82) is 5.26 Å². The first-order valence-corrected chi connectivity index (χ1v) is 6.50. The average Bonchev–Trinajstić information content (AvgIpc) is 2.28. The van der Waals surface area contributed by atoms with Crippen LogP contribution in [0.4, 0.5) is 0 Å². The molecule has 3 nitrogen and oxygen atoms in total. The SMILES string of the molecule is CC(C)=CCCC(C)=CCCC(C)=C(C#N)C(=O)O. The molecule has 0 saturated heterocycles. The minimum Gasteiger partial charge on any atom is -0.477 e. The van der Waals surface area contributed by atoms with Gasteiger partial charge in [-0.2, -0.15) is 5.26 Å². The maximum atomic E-state index is 10.8. The van der Waals surface area contributed by atoms with E-state index in [4.69, 9.17) is 10.4 Å². The van der Waals surface area contributed by atoms with Gasteiger partial charge in [0.05, 0.1) is 0 Å². The van der Waals surface area contributed by atoms with Gasteiger partial charge in [0, 0.05) is 0 Å². The Morgan fingerprint density at radius 3 is 2.16 bits per heavy atom. The predicted molar refractivity (Wildman–Crippen MR) is 77.6 cm³/mol. The van der Waals surface area contributed by atoms with Crippen molar-refractivity contribution < 1.29 is 9.90 Å². The topological polar surface area (TPSA) is 61.1 Å². The molecule has 0 aliphatic heterocycles. The van der Waals surface area contributed by atoms with Crippen LogP contribution in [0.25, 0.3) is 0 Å². The fraction of sp³-hybridized carbons (Fsp3) is 0.500. The van der Waals surface area contributed by atoms with Crippen LogP contribution in [0.15, 0.2) is 34.4 Å². The molecule has 0 unspecified atom stereocenters. The third kappa shape index (κ3) is 7.99. The highest BCUT2D eigenvalue weighted by Gasteiger charge is 2.09. The van der Waals surface area contributed by atoms with Gasteiger partial charge in [0.25, 0.3) is 0 Å². The highest BCUT2D eigenvalue weighted by atomic mass is 16.4. The van der Waals surface area contributed by atoms with Crippen molar-refractivity contribution in [3.63, 3.8) is 0 Å². The van der Waals surface area contributed by atoms with Crippen LogP contribution in [0.3, 0.4) is 0 Å². The summed E-state index contributed by atoms with van der Waals surface area (Å²) in [5.41, 5.74) is 3.14. The summed E-state index contributed by atoms with van der Waals surface area (Å²) in [6, 6.07) is 1.74. The number of hydrogen-bond donors (Lipinski definition) is 1. The Balaban J connectivity index is 4.32. The van der Waals surface area contributed by atoms with Crippen LogP contribution in [0.1, 0.15) is 53.4 Å². The van der Waals surface area contributed by atoms with Crippen LogP contribution < -0.4 is 0 Å². The second-order valence-corrected chi connectivity index (χ2v) is 4.98. The van der Waals surface area contributed by atoms with E-state index < -0.39 is 5.97 Å². The van der Waals surface area contributed by atoms with E-state index in [1.165, 1.54) is 11.1 Å². The fourth-order valence-electron chi connectivity index (χ4n) is 1.68. The van der Waals surface area contributed by atoms with Gasteiger partial charge in [-0.3, -0.25) is 0 Å². The zero-order chi connectivity index (χ0) is 14.8. The van der Waals surface area contributed by atoms with Crippen LogP contribution in [0.5, 0.6) is 0 Å². The first-order chi connectivity index (χ1) is 8.88. The van der Waals surface area contributed by atoms with Gasteiger partial charge >= 0.3 is 5.97 Å². The van der Waals surface area contributed by atoms with Gasteiger partial charge < -0.3 is 5.11 Å². The third-order valence-corrected chi connectivity index (χ3v) is 2.86. The Labute approximate surface area is 115 Å². The highest BCUT2D eigenvalue weighted by Crippen LogP contribution is 2.14. The number of nitrogens with zero attached hydrogens (tertiary/aromatic N) is 1. The molecule has 0 aromatic carbocycles. The second-order valence-electron chi connectivity index (χ2n) is 4.98. The van der Waals surface area contributed by atoms with E-state index in [0.29, 0.717) is 12.0 Å². The predicted octanol–water partition coefficient (Wildman–Crippen LogP) is 4.38. The van der Waals surface area contributed by atoms with E-state index in [2.05, 4.69) is 32.9 Å². The molecule has 1 N–H and O–H groups in total. The Morgan fingerprint density at radius 1 is 1.11 bits per heavy atom. The van der Waals surface area contributed by atoms with E-state index in [9.17, 15) is 4.79 Å². The number of hydrogen-bond acceptors (Lipinski definition) is 2. The standard InChI is InChI=1S/C16H23NO2/c1-12(2)7-5-8-13(3)9-6-10-14(4)15(11-17)16(18)19/h7,9H,5-6,8,10H2,1-4H3,(H,18,19). The van der Waals surface area contributed by atoms with Crippen molar-refractivity contribution in [1.82, 2.24) is 0 Å². The molecule has 0 rings (SSSR count). The Bertz CT molecular complexity index is 444. The zero-order valence-corrected chi connectivity index (χ0v) is 12.3. The number of carbonyl (C=O) groups is 1. The Kier molecular flexibility index (Phi) is 8.28. The summed E-state index contributed by atoms with van der Waals surface area (Å²) in [6.45, 7) is 7.96. The van der Waals surface area contributed by atoms with Crippen molar-refractivity contribution in [3.8, 4) is 6.07 Å². The molecule has 0 aromatic heterocycles. The molecule has 0 saturated carbocycles. The van der Waals surface area contributed by atoms with Gasteiger partial charge in [-0.25, -0.2) is 4.79 Å². The molecular formula is C16H23NO2. The van der Waals surface area contributed by atoms with Gasteiger partial charge in [0.2, 0.25) is 0 Å². The van der Waals surface area contributed by atoms with Gasteiger partial charge in [-0.1, -0.05) is 23.3 Å². The normalized spacial score (nSPS) is 12.5. The van der Waals surface area contributed by atoms with Gasteiger partial charge in [-0.15, -0.1) is 0 Å². The molecule has 0 fully saturated rings. The maximum absolute atomic E-state index is 10.8. The smallest absolute Gasteiger partial charge is 0.346 e. The largest absolute Gasteiger partial charge is 0.477 e. The van der Waals surface area contributed by atoms with Gasteiger partial charge in [0.15, 0.2) is 0 Å². The van der Waals surface area contributed by atoms with Crippen LogP contribution in [0.2, 0.25) is 0 Å². The lowest BCUT2D eigenvalue weighted by Crippen LogP contribution is -2.01. The molecular weight excluding hydrogens is 238 g/mol. The molecule has 19 heavy (non-hydrogen) atoms. The molecule has 0 aliphatic carbocycles. The molecule has 0 aromatic rings. The molecule has 0 atom stereocenters. The van der Waals surface area contributed by atoms with Gasteiger partial charge in [-0.05, 0) is 59.0 Å². The maximum Gasteiger partial charge on any atom is 0.346 e. The number of rotatable bonds is 7. The number of carboxylic acid groups (broad SMARTS) is 1. The Morgan fingerprint density at radius 2 is 1.68 bits per heavy atom. The number of nitriles is 1. The van der Waals surface area contributed by atoms with E-state index >= 15 is 0 Å². The molecule has 3 heteroatoms. The Hall–Kier alpha value is -1.82. The van der Waals surface area contributed by atoms with Crippen LogP contribution in [0, 0.1) is 11.3 Å². The molecule has 0 bridgehead atoms. The minimum atomic E-state index is -1.13. The molecule has 104 valence electrons. The van der Waals surface area contributed by atoms with Crippen LogP contribution >= 0.6 is 0 Å². The summed E-state index contributed by atoms with van der Waals surface area (Å²) in [6.07, 6.45) is 7.80. The van der Waals surface area contributed by atoms with E-state index in [1.807, 2.05) is 0 Å². The molecule has 0 amide bonds. The average molecular weight is 261 g/mol. The number of aliphatic carboxylic acids is 1. The lowest BCUT2D eigenvalue weighted by molar-refractivity contribution is -0.132. The summed E-state index contributed by atoms with van der Waals surface area (Å²) < 4.78 is 0. The fourth-order valence-corrected chi connectivity index (χ4v) is 1.68. The first-order valence-electron chi connectivity index (χ1n) is 6.50. The second kappa shape index (κ2) is 9.16. The summed E-state index contributed by atoms with van der Waals surface area (Å²) in [5, 5.41) is 17.6. The van der Waals surface area contributed by atoms with Crippen molar-refractivity contribution in [2.24, 2.45) is 0 Å². The lowest BCUT2D eigenvalue weighted by Gasteiger charge is -2.02. The van der Waals surface area contributed by atoms with E-state index in [1.54, 1.807) is 13.0 Å². The molecule has 0 aliphatic rings. The van der Waals surface area contributed by atoms with Crippen molar-refractivity contribution >= 4 is 5.97 Å². The van der Waals surface area contributed by atoms with Crippen molar-refractivity contribution in [2.75, 3.05) is 0 Å². The summed E-state index contributed by atoms with van der Waals surface area (Å²) in [4.78, 5) is 10.8. The molecule has 0 spiro atoms. The van der Waals surface area contributed by atoms with Gasteiger partial charge in [0.1, 0.15) is 11.6 Å². The third-order valence-electron chi connectivity index (χ3n) is 2.86. The summed E-state index contributed by atoms with van der Waals surface area (Å²) in [5.74, 6) is -1.13. The first kappa shape index (κ1) is 17.2. The van der Waals surface area contributed by atoms with Crippen molar-refractivity contribution in [2.45, 2.75) is 53.4 Å². The lowest BCUT2D eigenvalue weighted by atomic mass is 10.0. The highest BCUT2D eigenvalue weighted by molar-refractivity contribution is 5.91. The summed E-state index contributed by atoms with van der Waals surface area (Å²) in [7, 11) is 0. The quantitative estimate of drug-likeness (QED) is 0.420. The van der Waals surface area contributed by atoms with Crippen molar-refractivity contribution in [3.05, 3.63) is 34.4 Å². The van der Waals surface area contributed by atoms with E-state index in [0.717, 1.165) is 19.3 Å². The number of carboxylic acids is 1. The van der Waals surface area contributed by atoms with Crippen LogP contribution in [-0.4, -0.2) is 11.1 Å². The minimum absolute atomic E-state index is 0.129. The molecule has 0 heterocycles. The van der Waals surface area contributed by atoms with E-state index in [-0.39, 0.29) is 5.57 Å². The molecule has 0 radical (unpaired) electrons.